The summed E-state index contributed by atoms with van der Waals surface area (Å²) in [5.41, 5.74) is 4.48. The van der Waals surface area contributed by atoms with Crippen molar-refractivity contribution in [3.63, 3.8) is 0 Å². The van der Waals surface area contributed by atoms with E-state index in [1.54, 1.807) is 0 Å². The van der Waals surface area contributed by atoms with Crippen molar-refractivity contribution in [3.8, 4) is 0 Å². The van der Waals surface area contributed by atoms with E-state index in [0.717, 1.165) is 6.42 Å². The molecule has 0 heterocycles. The van der Waals surface area contributed by atoms with Crippen LogP contribution < -0.4 is 10.4 Å². The number of fused-ring (bicyclic) bond motifs is 4. The molecule has 1 unspecified atom stereocenters. The predicted octanol–water partition coefficient (Wildman–Crippen LogP) is 2.72. The molecule has 18 heavy (non-hydrogen) atoms. The lowest BCUT2D eigenvalue weighted by Crippen LogP contribution is -2.35. The van der Waals surface area contributed by atoms with Crippen LogP contribution in [-0.2, 0) is 6.42 Å². The summed E-state index contributed by atoms with van der Waals surface area (Å²) < 4.78 is 0. The number of allylic oxidation sites excluding steroid dienone is 5. The van der Waals surface area contributed by atoms with Gasteiger partial charge in [0.25, 0.3) is 0 Å². The van der Waals surface area contributed by atoms with Crippen LogP contribution in [0.25, 0.3) is 17.7 Å². The van der Waals surface area contributed by atoms with Crippen LogP contribution in [-0.4, -0.2) is 0 Å². The summed E-state index contributed by atoms with van der Waals surface area (Å²) in [7, 11) is 0. The van der Waals surface area contributed by atoms with Crippen molar-refractivity contribution in [2.24, 2.45) is 5.92 Å². The minimum atomic E-state index is 0.591. The first kappa shape index (κ1) is 10.1. The summed E-state index contributed by atoms with van der Waals surface area (Å²) in [6.45, 7) is 0. The third-order valence-electron chi connectivity index (χ3n) is 4.26. The molecule has 0 saturated carbocycles. The van der Waals surface area contributed by atoms with E-state index in [-0.39, 0.29) is 0 Å². The number of rotatable bonds is 0. The van der Waals surface area contributed by atoms with Gasteiger partial charge in [-0.3, -0.25) is 0 Å². The molecule has 0 fully saturated rings. The zero-order chi connectivity index (χ0) is 11.9. The maximum atomic E-state index is 2.43. The molecule has 0 nitrogen and oxygen atoms in total. The molecule has 0 radical (unpaired) electrons. The average Bonchev–Trinajstić information content (AvgIpc) is 2.46. The quantitative estimate of drug-likeness (QED) is 0.645. The highest BCUT2D eigenvalue weighted by Crippen LogP contribution is 2.25. The Morgan fingerprint density at radius 1 is 1.06 bits per heavy atom. The molecule has 0 bridgehead atoms. The van der Waals surface area contributed by atoms with Crippen LogP contribution in [0.2, 0.25) is 0 Å². The second kappa shape index (κ2) is 3.84. The minimum Gasteiger partial charge on any atom is -0.0836 e. The maximum absolute atomic E-state index is 2.43. The van der Waals surface area contributed by atoms with Gasteiger partial charge in [0.2, 0.25) is 0 Å². The molecule has 4 rings (SSSR count). The number of hydrogen-bond donors (Lipinski definition) is 0. The lowest BCUT2D eigenvalue weighted by atomic mass is 9.83. The van der Waals surface area contributed by atoms with Gasteiger partial charge in [-0.05, 0) is 46.4 Å². The van der Waals surface area contributed by atoms with E-state index in [1.807, 2.05) is 0 Å². The molecule has 0 aromatic heterocycles. The van der Waals surface area contributed by atoms with Gasteiger partial charge in [0, 0.05) is 5.92 Å². The number of hydrogen-bond acceptors (Lipinski definition) is 0. The first-order valence-corrected chi connectivity index (χ1v) is 6.81. The third-order valence-corrected chi connectivity index (χ3v) is 4.26. The van der Waals surface area contributed by atoms with Gasteiger partial charge in [0.15, 0.2) is 0 Å². The van der Waals surface area contributed by atoms with Crippen molar-refractivity contribution >= 4 is 17.7 Å². The second-order valence-corrected chi connectivity index (χ2v) is 5.29. The summed E-state index contributed by atoms with van der Waals surface area (Å²) in [4.78, 5) is 0. The highest BCUT2D eigenvalue weighted by atomic mass is 14.2. The van der Waals surface area contributed by atoms with Gasteiger partial charge in [-0.2, -0.15) is 0 Å². The number of aryl methyl sites for hydroxylation is 1. The molecule has 0 N–H and O–H groups in total. The van der Waals surface area contributed by atoms with E-state index < -0.39 is 0 Å². The molecule has 3 aliphatic rings. The van der Waals surface area contributed by atoms with E-state index in [2.05, 4.69) is 54.7 Å². The van der Waals surface area contributed by atoms with E-state index in [9.17, 15) is 0 Å². The maximum Gasteiger partial charge on any atom is 0.00620 e. The van der Waals surface area contributed by atoms with Crippen LogP contribution in [0.5, 0.6) is 0 Å². The van der Waals surface area contributed by atoms with E-state index in [4.69, 9.17) is 0 Å². The largest absolute Gasteiger partial charge is 0.0836 e. The molecule has 0 spiro atoms. The average molecular weight is 232 g/mol. The molecule has 0 aliphatic heterocycles. The first-order chi connectivity index (χ1) is 8.93. The Kier molecular flexibility index (Phi) is 2.16. The van der Waals surface area contributed by atoms with E-state index in [1.165, 1.54) is 40.0 Å². The molecule has 88 valence electrons. The van der Waals surface area contributed by atoms with Crippen LogP contribution in [0.1, 0.15) is 24.0 Å². The van der Waals surface area contributed by atoms with Crippen LogP contribution in [0.3, 0.4) is 0 Å². The number of benzene rings is 1. The third kappa shape index (κ3) is 1.38. The van der Waals surface area contributed by atoms with Crippen LogP contribution in [0.4, 0.5) is 0 Å². The van der Waals surface area contributed by atoms with Gasteiger partial charge in [-0.1, -0.05) is 54.7 Å². The summed E-state index contributed by atoms with van der Waals surface area (Å²) in [6.07, 6.45) is 19.5. The Bertz CT molecular complexity index is 711. The summed E-state index contributed by atoms with van der Waals surface area (Å²) >= 11 is 0. The highest BCUT2D eigenvalue weighted by molar-refractivity contribution is 5.70. The predicted molar refractivity (Wildman–Crippen MR) is 77.3 cm³/mol. The topological polar surface area (TPSA) is 0 Å². The highest BCUT2D eigenvalue weighted by Gasteiger charge is 2.17. The molecule has 0 heteroatoms. The molecular formula is C18H16. The Hall–Kier alpha value is -1.82. The Labute approximate surface area is 107 Å². The Morgan fingerprint density at radius 2 is 2.06 bits per heavy atom. The van der Waals surface area contributed by atoms with Gasteiger partial charge >= 0.3 is 0 Å². The fourth-order valence-electron chi connectivity index (χ4n) is 3.33. The van der Waals surface area contributed by atoms with Gasteiger partial charge in [0.1, 0.15) is 0 Å². The minimum absolute atomic E-state index is 0.591. The van der Waals surface area contributed by atoms with Crippen molar-refractivity contribution in [2.45, 2.75) is 19.3 Å². The molecule has 1 aromatic carbocycles. The van der Waals surface area contributed by atoms with Crippen molar-refractivity contribution in [2.75, 3.05) is 0 Å². The van der Waals surface area contributed by atoms with Crippen molar-refractivity contribution in [3.05, 3.63) is 64.1 Å². The fourth-order valence-corrected chi connectivity index (χ4v) is 3.33. The van der Waals surface area contributed by atoms with Crippen molar-refractivity contribution < 1.29 is 0 Å². The fraction of sp³-hybridized carbons (Fsp3) is 0.222. The van der Waals surface area contributed by atoms with Crippen LogP contribution >= 0.6 is 0 Å². The van der Waals surface area contributed by atoms with Crippen LogP contribution in [0.15, 0.2) is 42.5 Å². The van der Waals surface area contributed by atoms with Gasteiger partial charge < -0.3 is 0 Å². The molecule has 1 atom stereocenters. The molecule has 0 amide bonds. The van der Waals surface area contributed by atoms with Crippen molar-refractivity contribution in [1.82, 2.24) is 0 Å². The molecular weight excluding hydrogens is 216 g/mol. The SMILES string of the molecule is C1=CC2=c3ccc4c(c3=CCC2C=C1)C=CCC4. The van der Waals surface area contributed by atoms with Crippen LogP contribution in [0, 0.1) is 5.92 Å². The van der Waals surface area contributed by atoms with Gasteiger partial charge in [0.05, 0.1) is 0 Å². The summed E-state index contributed by atoms with van der Waals surface area (Å²) in [6, 6.07) is 4.65. The second-order valence-electron chi connectivity index (χ2n) is 5.29. The first-order valence-electron chi connectivity index (χ1n) is 6.81. The normalized spacial score (nSPS) is 23.1. The van der Waals surface area contributed by atoms with Gasteiger partial charge in [-0.15, -0.1) is 0 Å². The standard InChI is InChI=1S/C18H16/c1-3-7-15-13(5-1)9-11-18-16-8-4-2-6-14(16)10-12-17(15)18/h1,3-5,7-8,10-13H,2,6,9H2. The molecule has 0 saturated heterocycles. The molecule has 3 aliphatic carbocycles. The summed E-state index contributed by atoms with van der Waals surface area (Å²) in [5.74, 6) is 0.591. The Morgan fingerprint density at radius 3 is 3.06 bits per heavy atom. The van der Waals surface area contributed by atoms with E-state index in [0.29, 0.717) is 5.92 Å². The zero-order valence-corrected chi connectivity index (χ0v) is 10.4. The summed E-state index contributed by atoms with van der Waals surface area (Å²) in [5, 5.41) is 2.91. The molecule has 1 aromatic rings. The monoisotopic (exact) mass is 232 g/mol. The lowest BCUT2D eigenvalue weighted by molar-refractivity contribution is 0.860. The van der Waals surface area contributed by atoms with Crippen molar-refractivity contribution in [1.29, 1.82) is 0 Å². The van der Waals surface area contributed by atoms with E-state index >= 15 is 0 Å². The zero-order valence-electron chi connectivity index (χ0n) is 10.4. The lowest BCUT2D eigenvalue weighted by Gasteiger charge is -2.21. The Balaban J connectivity index is 2.10. The smallest absolute Gasteiger partial charge is 0.00620 e. The van der Waals surface area contributed by atoms with Gasteiger partial charge in [-0.25, -0.2) is 0 Å².